The predicted octanol–water partition coefficient (Wildman–Crippen LogP) is 1.22. The zero-order valence-corrected chi connectivity index (χ0v) is 13.1. The zero-order chi connectivity index (χ0) is 14.1. The molecule has 0 heterocycles. The highest BCUT2D eigenvalue weighted by Crippen LogP contribution is 2.23. The van der Waals surface area contributed by atoms with E-state index in [1.165, 1.54) is 24.3 Å². The van der Waals surface area contributed by atoms with Crippen LogP contribution in [0.4, 0.5) is 5.69 Å². The van der Waals surface area contributed by atoms with E-state index in [2.05, 4.69) is 25.4 Å². The standard InChI is InChI=1S/C10H13BrN2O4S2/c11-7-18(14,15)12-9-2-1-3-10(6-9)19(16,17)13-8-4-5-8/h1-3,6,8,12-13H,4-5,7H2. The lowest BCUT2D eigenvalue weighted by atomic mass is 10.3. The van der Waals surface area contributed by atoms with Crippen LogP contribution in [0.2, 0.25) is 0 Å². The second-order valence-corrected chi connectivity index (χ2v) is 8.99. The molecule has 0 aromatic heterocycles. The lowest BCUT2D eigenvalue weighted by Gasteiger charge is -2.09. The third kappa shape index (κ3) is 4.16. The van der Waals surface area contributed by atoms with Crippen LogP contribution in [0.15, 0.2) is 29.2 Å². The number of alkyl halides is 1. The van der Waals surface area contributed by atoms with Gasteiger partial charge in [-0.1, -0.05) is 22.0 Å². The molecule has 0 bridgehead atoms. The van der Waals surface area contributed by atoms with Gasteiger partial charge in [-0.25, -0.2) is 21.6 Å². The SMILES string of the molecule is O=S(=O)(CBr)Nc1cccc(S(=O)(=O)NC2CC2)c1. The highest BCUT2D eigenvalue weighted by molar-refractivity contribution is 9.10. The number of halogens is 1. The summed E-state index contributed by atoms with van der Waals surface area (Å²) >= 11 is 2.85. The van der Waals surface area contributed by atoms with Gasteiger partial charge in [0.05, 0.1) is 4.90 Å². The fourth-order valence-electron chi connectivity index (χ4n) is 1.42. The molecule has 0 spiro atoms. The van der Waals surface area contributed by atoms with E-state index in [0.29, 0.717) is 0 Å². The van der Waals surface area contributed by atoms with Crippen molar-refractivity contribution in [1.29, 1.82) is 0 Å². The van der Waals surface area contributed by atoms with Crippen LogP contribution in [0.3, 0.4) is 0 Å². The van der Waals surface area contributed by atoms with Crippen LogP contribution in [0, 0.1) is 0 Å². The topological polar surface area (TPSA) is 92.3 Å². The number of benzene rings is 1. The van der Waals surface area contributed by atoms with Gasteiger partial charge in [0.2, 0.25) is 20.0 Å². The van der Waals surface area contributed by atoms with Gasteiger partial charge in [0.25, 0.3) is 0 Å². The summed E-state index contributed by atoms with van der Waals surface area (Å²) in [5, 5.41) is 0. The molecule has 0 saturated heterocycles. The number of anilines is 1. The molecular weight excluding hydrogens is 356 g/mol. The molecule has 1 aliphatic carbocycles. The first-order valence-corrected chi connectivity index (χ1v) is 9.77. The molecule has 1 aliphatic rings. The quantitative estimate of drug-likeness (QED) is 0.738. The summed E-state index contributed by atoms with van der Waals surface area (Å²) in [5.74, 6) is 0. The van der Waals surface area contributed by atoms with E-state index in [1.807, 2.05) is 0 Å². The molecule has 1 aromatic rings. The van der Waals surface area contributed by atoms with Crippen LogP contribution in [-0.2, 0) is 20.0 Å². The molecule has 0 amide bonds. The Morgan fingerprint density at radius 1 is 1.21 bits per heavy atom. The number of sulfonamides is 2. The molecular formula is C10H13BrN2O4S2. The first kappa shape index (κ1) is 14.8. The largest absolute Gasteiger partial charge is 0.283 e. The van der Waals surface area contributed by atoms with Crippen LogP contribution in [-0.4, -0.2) is 27.5 Å². The molecule has 2 N–H and O–H groups in total. The van der Waals surface area contributed by atoms with Gasteiger partial charge < -0.3 is 0 Å². The minimum absolute atomic E-state index is 0.00731. The zero-order valence-electron chi connectivity index (χ0n) is 9.84. The molecule has 0 unspecified atom stereocenters. The third-order valence-corrected chi connectivity index (χ3v) is 6.62. The van der Waals surface area contributed by atoms with E-state index in [9.17, 15) is 16.8 Å². The molecule has 106 valence electrons. The Bertz CT molecular complexity index is 669. The molecule has 19 heavy (non-hydrogen) atoms. The van der Waals surface area contributed by atoms with Crippen LogP contribution < -0.4 is 9.44 Å². The van der Waals surface area contributed by atoms with Gasteiger partial charge in [-0.05, 0) is 31.0 Å². The highest BCUT2D eigenvalue weighted by Gasteiger charge is 2.28. The van der Waals surface area contributed by atoms with Crippen LogP contribution in [0.1, 0.15) is 12.8 Å². The lowest BCUT2D eigenvalue weighted by molar-refractivity contribution is 0.581. The summed E-state index contributed by atoms with van der Waals surface area (Å²) in [4.78, 5) is 0.0502. The first-order chi connectivity index (χ1) is 8.82. The molecule has 9 heteroatoms. The average molecular weight is 369 g/mol. The van der Waals surface area contributed by atoms with Crippen molar-refractivity contribution in [1.82, 2.24) is 4.72 Å². The van der Waals surface area contributed by atoms with Crippen molar-refractivity contribution in [3.63, 3.8) is 0 Å². The van der Waals surface area contributed by atoms with Crippen molar-refractivity contribution >= 4 is 41.7 Å². The molecule has 1 saturated carbocycles. The Kier molecular flexibility index (Phi) is 4.19. The fraction of sp³-hybridized carbons (Fsp3) is 0.400. The lowest BCUT2D eigenvalue weighted by Crippen LogP contribution is -2.25. The van der Waals surface area contributed by atoms with Crippen LogP contribution in [0.5, 0.6) is 0 Å². The summed E-state index contributed by atoms with van der Waals surface area (Å²) in [6.07, 6.45) is 1.68. The number of hydrogen-bond donors (Lipinski definition) is 2. The van der Waals surface area contributed by atoms with E-state index in [1.54, 1.807) is 0 Å². The maximum absolute atomic E-state index is 12.0. The predicted molar refractivity (Wildman–Crippen MR) is 76.1 cm³/mol. The van der Waals surface area contributed by atoms with Crippen molar-refractivity contribution in [2.75, 3.05) is 9.38 Å². The summed E-state index contributed by atoms with van der Waals surface area (Å²) in [7, 11) is -7.07. The van der Waals surface area contributed by atoms with Gasteiger partial charge >= 0.3 is 0 Å². The Balaban J connectivity index is 2.23. The average Bonchev–Trinajstić information content (AvgIpc) is 3.12. The highest BCUT2D eigenvalue weighted by atomic mass is 79.9. The van der Waals surface area contributed by atoms with Crippen molar-refractivity contribution in [2.24, 2.45) is 0 Å². The van der Waals surface area contributed by atoms with Gasteiger partial charge in [0.1, 0.15) is 4.66 Å². The fourth-order valence-corrected chi connectivity index (χ4v) is 3.66. The maximum Gasteiger partial charge on any atom is 0.242 e. The smallest absolute Gasteiger partial charge is 0.242 e. The molecule has 1 fully saturated rings. The van der Waals surface area contributed by atoms with E-state index in [4.69, 9.17) is 0 Å². The van der Waals surface area contributed by atoms with Crippen molar-refractivity contribution < 1.29 is 16.8 Å². The van der Waals surface area contributed by atoms with Crippen molar-refractivity contribution in [3.8, 4) is 0 Å². The second-order valence-electron chi connectivity index (χ2n) is 4.25. The second kappa shape index (κ2) is 5.39. The summed E-state index contributed by atoms with van der Waals surface area (Å²) in [5.41, 5.74) is 0.220. The normalized spacial score (nSPS) is 16.3. The van der Waals surface area contributed by atoms with Crippen molar-refractivity contribution in [3.05, 3.63) is 24.3 Å². The third-order valence-electron chi connectivity index (χ3n) is 2.46. The minimum atomic E-state index is -3.58. The molecule has 0 atom stereocenters. The van der Waals surface area contributed by atoms with Crippen LogP contribution in [0.25, 0.3) is 0 Å². The Hall–Kier alpha value is -0.640. The Labute approximate surface area is 120 Å². The first-order valence-electron chi connectivity index (χ1n) is 5.51. The molecule has 6 nitrogen and oxygen atoms in total. The molecule has 2 rings (SSSR count). The van der Waals surface area contributed by atoms with Gasteiger partial charge in [0, 0.05) is 11.7 Å². The summed E-state index contributed by atoms with van der Waals surface area (Å²) in [6, 6.07) is 5.72. The van der Waals surface area contributed by atoms with E-state index < -0.39 is 20.0 Å². The monoisotopic (exact) mass is 368 g/mol. The van der Waals surface area contributed by atoms with Crippen molar-refractivity contribution in [2.45, 2.75) is 23.8 Å². The van der Waals surface area contributed by atoms with Gasteiger partial charge in [0.15, 0.2) is 0 Å². The molecule has 0 radical (unpaired) electrons. The summed E-state index contributed by atoms with van der Waals surface area (Å²) in [6.45, 7) is 0. The molecule has 0 aliphatic heterocycles. The Morgan fingerprint density at radius 3 is 2.47 bits per heavy atom. The Morgan fingerprint density at radius 2 is 1.89 bits per heavy atom. The number of nitrogens with one attached hydrogen (secondary N) is 2. The van der Waals surface area contributed by atoms with E-state index in [0.717, 1.165) is 12.8 Å². The molecule has 1 aromatic carbocycles. The maximum atomic E-state index is 12.0. The number of rotatable bonds is 6. The van der Waals surface area contributed by atoms with Gasteiger partial charge in [-0.15, -0.1) is 0 Å². The van der Waals surface area contributed by atoms with Crippen LogP contribution >= 0.6 is 15.9 Å². The van der Waals surface area contributed by atoms with E-state index >= 15 is 0 Å². The van der Waals surface area contributed by atoms with Gasteiger partial charge in [-0.3, -0.25) is 4.72 Å². The minimum Gasteiger partial charge on any atom is -0.283 e. The van der Waals surface area contributed by atoms with Gasteiger partial charge in [-0.2, -0.15) is 0 Å². The summed E-state index contributed by atoms with van der Waals surface area (Å²) < 4.78 is 51.3. The van der Waals surface area contributed by atoms with E-state index in [-0.39, 0.29) is 21.3 Å². The number of hydrogen-bond acceptors (Lipinski definition) is 4.